The minimum absolute atomic E-state index is 0.403. The number of thiazole rings is 1. The van der Waals surface area contributed by atoms with Crippen LogP contribution in [0.3, 0.4) is 0 Å². The second-order valence-electron chi connectivity index (χ2n) is 4.82. The van der Waals surface area contributed by atoms with E-state index in [0.29, 0.717) is 19.5 Å². The summed E-state index contributed by atoms with van der Waals surface area (Å²) < 4.78 is 24.3. The number of aryl methyl sites for hydroxylation is 1. The molecule has 0 aliphatic rings. The van der Waals surface area contributed by atoms with Gasteiger partial charge in [-0.3, -0.25) is 4.99 Å². The molecule has 7 nitrogen and oxygen atoms in total. The summed E-state index contributed by atoms with van der Waals surface area (Å²) in [5, 5.41) is 7.53. The summed E-state index contributed by atoms with van der Waals surface area (Å²) in [7, 11) is -3.11. The lowest BCUT2D eigenvalue weighted by Gasteiger charge is -2.10. The molecule has 0 unspecified atom stereocenters. The van der Waals surface area contributed by atoms with Crippen molar-refractivity contribution in [3.63, 3.8) is 0 Å². The Kier molecular flexibility index (Phi) is 8.36. The fourth-order valence-electron chi connectivity index (χ4n) is 1.67. The van der Waals surface area contributed by atoms with Crippen molar-refractivity contribution >= 4 is 27.3 Å². The fraction of sp³-hybridized carbons (Fsp3) is 0.692. The highest BCUT2D eigenvalue weighted by molar-refractivity contribution is 7.88. The molecule has 0 spiro atoms. The monoisotopic (exact) mass is 347 g/mol. The van der Waals surface area contributed by atoms with Gasteiger partial charge < -0.3 is 10.6 Å². The molecule has 1 rings (SSSR count). The van der Waals surface area contributed by atoms with Gasteiger partial charge >= 0.3 is 0 Å². The maximum atomic E-state index is 10.9. The van der Waals surface area contributed by atoms with Gasteiger partial charge in [-0.05, 0) is 20.3 Å². The van der Waals surface area contributed by atoms with Crippen LogP contribution in [0.15, 0.2) is 11.2 Å². The molecular weight excluding hydrogens is 322 g/mol. The molecule has 0 atom stereocenters. The highest BCUT2D eigenvalue weighted by Gasteiger charge is 2.01. The van der Waals surface area contributed by atoms with Crippen LogP contribution < -0.4 is 15.4 Å². The van der Waals surface area contributed by atoms with Crippen LogP contribution in [0.1, 0.15) is 23.2 Å². The van der Waals surface area contributed by atoms with Gasteiger partial charge in [-0.25, -0.2) is 18.1 Å². The van der Waals surface area contributed by atoms with Crippen LogP contribution in [0.25, 0.3) is 0 Å². The van der Waals surface area contributed by atoms with Gasteiger partial charge in [0.1, 0.15) is 0 Å². The second kappa shape index (κ2) is 9.75. The van der Waals surface area contributed by atoms with Crippen LogP contribution in [0, 0.1) is 6.92 Å². The lowest BCUT2D eigenvalue weighted by Crippen LogP contribution is -2.38. The molecular formula is C13H25N5O2S2. The highest BCUT2D eigenvalue weighted by Crippen LogP contribution is 2.10. The molecule has 0 amide bonds. The third-order valence-corrected chi connectivity index (χ3v) is 4.31. The quantitative estimate of drug-likeness (QED) is 0.343. The fourth-order valence-corrected chi connectivity index (χ4v) is 2.98. The number of nitrogens with one attached hydrogen (secondary N) is 3. The van der Waals surface area contributed by atoms with E-state index in [4.69, 9.17) is 0 Å². The topological polar surface area (TPSA) is 95.5 Å². The van der Waals surface area contributed by atoms with Gasteiger partial charge in [0, 0.05) is 43.7 Å². The van der Waals surface area contributed by atoms with E-state index in [2.05, 4.69) is 25.3 Å². The molecule has 3 N–H and O–H groups in total. The standard InChI is InChI=1S/C13H25N5O2S2/c1-4-14-13(15-7-5-8-18-22(3,19)20)16-9-6-12-17-10-11(2)21-12/h10,18H,4-9H2,1-3H3,(H2,14,15,16). The molecule has 0 saturated heterocycles. The zero-order valence-corrected chi connectivity index (χ0v) is 15.0. The smallest absolute Gasteiger partial charge is 0.208 e. The summed E-state index contributed by atoms with van der Waals surface area (Å²) >= 11 is 1.70. The molecule has 0 aliphatic carbocycles. The summed E-state index contributed by atoms with van der Waals surface area (Å²) in [6.45, 7) is 6.57. The Bertz CT molecular complexity index is 569. The molecule has 0 aliphatic heterocycles. The van der Waals surface area contributed by atoms with E-state index in [1.54, 1.807) is 11.3 Å². The Balaban J connectivity index is 2.29. The van der Waals surface area contributed by atoms with Gasteiger partial charge in [-0.1, -0.05) is 0 Å². The van der Waals surface area contributed by atoms with Crippen molar-refractivity contribution in [1.29, 1.82) is 0 Å². The van der Waals surface area contributed by atoms with Crippen molar-refractivity contribution in [3.8, 4) is 0 Å². The molecule has 0 fully saturated rings. The van der Waals surface area contributed by atoms with Crippen molar-refractivity contribution in [2.75, 3.05) is 32.4 Å². The molecule has 0 radical (unpaired) electrons. The number of rotatable bonds is 9. The molecule has 0 aromatic carbocycles. The van der Waals surface area contributed by atoms with E-state index in [1.807, 2.05) is 20.0 Å². The minimum Gasteiger partial charge on any atom is -0.357 e. The van der Waals surface area contributed by atoms with Gasteiger partial charge in [-0.2, -0.15) is 0 Å². The maximum absolute atomic E-state index is 10.9. The Morgan fingerprint density at radius 2 is 2.14 bits per heavy atom. The molecule has 1 aromatic heterocycles. The summed E-state index contributed by atoms with van der Waals surface area (Å²) in [5.41, 5.74) is 0. The van der Waals surface area contributed by atoms with Crippen LogP contribution in [0.4, 0.5) is 0 Å². The van der Waals surface area contributed by atoms with Crippen LogP contribution in [0.5, 0.6) is 0 Å². The Morgan fingerprint density at radius 3 is 2.73 bits per heavy atom. The number of nitrogens with zero attached hydrogens (tertiary/aromatic N) is 2. The van der Waals surface area contributed by atoms with Gasteiger partial charge in [0.15, 0.2) is 5.96 Å². The molecule has 0 saturated carbocycles. The predicted molar refractivity (Wildman–Crippen MR) is 92.0 cm³/mol. The zero-order chi connectivity index (χ0) is 16.4. The van der Waals surface area contributed by atoms with E-state index >= 15 is 0 Å². The predicted octanol–water partition coefficient (Wildman–Crippen LogP) is 0.488. The van der Waals surface area contributed by atoms with Gasteiger partial charge in [0.25, 0.3) is 0 Å². The molecule has 22 heavy (non-hydrogen) atoms. The largest absolute Gasteiger partial charge is 0.357 e. The normalized spacial score (nSPS) is 12.4. The third-order valence-electron chi connectivity index (χ3n) is 2.61. The van der Waals surface area contributed by atoms with Crippen LogP contribution in [0.2, 0.25) is 0 Å². The summed E-state index contributed by atoms with van der Waals surface area (Å²) in [5.74, 6) is 0.745. The third kappa shape index (κ3) is 8.96. The number of aromatic nitrogens is 1. The second-order valence-corrected chi connectivity index (χ2v) is 7.97. The first-order chi connectivity index (χ1) is 10.4. The molecule has 126 valence electrons. The molecule has 9 heteroatoms. The van der Waals surface area contributed by atoms with Crippen molar-refractivity contribution in [2.24, 2.45) is 4.99 Å². The first-order valence-electron chi connectivity index (χ1n) is 7.29. The Labute approximate surface area is 136 Å². The van der Waals surface area contributed by atoms with E-state index < -0.39 is 10.0 Å². The van der Waals surface area contributed by atoms with Crippen LogP contribution in [-0.4, -0.2) is 51.8 Å². The average molecular weight is 348 g/mol. The van der Waals surface area contributed by atoms with Crippen LogP contribution in [-0.2, 0) is 16.4 Å². The number of hydrogen-bond donors (Lipinski definition) is 3. The van der Waals surface area contributed by atoms with Crippen molar-refractivity contribution in [1.82, 2.24) is 20.3 Å². The number of sulfonamides is 1. The van der Waals surface area contributed by atoms with Crippen molar-refractivity contribution in [3.05, 3.63) is 16.1 Å². The molecule has 0 bridgehead atoms. The number of guanidine groups is 1. The van der Waals surface area contributed by atoms with E-state index in [9.17, 15) is 8.42 Å². The first kappa shape index (κ1) is 18.9. The minimum atomic E-state index is -3.11. The first-order valence-corrected chi connectivity index (χ1v) is 9.99. The number of hydrogen-bond acceptors (Lipinski definition) is 5. The Hall–Kier alpha value is -1.19. The van der Waals surface area contributed by atoms with Gasteiger partial charge in [-0.15, -0.1) is 11.3 Å². The van der Waals surface area contributed by atoms with Crippen molar-refractivity contribution < 1.29 is 8.42 Å². The van der Waals surface area contributed by atoms with E-state index in [1.165, 1.54) is 4.88 Å². The maximum Gasteiger partial charge on any atom is 0.208 e. The SMILES string of the molecule is CCNC(=NCCCNS(C)(=O)=O)NCCc1ncc(C)s1. The number of aliphatic imine (C=N–C) groups is 1. The lowest BCUT2D eigenvalue weighted by atomic mass is 10.4. The summed E-state index contributed by atoms with van der Waals surface area (Å²) in [6, 6.07) is 0. The van der Waals surface area contributed by atoms with Gasteiger partial charge in [0.2, 0.25) is 10.0 Å². The van der Waals surface area contributed by atoms with E-state index in [0.717, 1.165) is 36.7 Å². The zero-order valence-electron chi connectivity index (χ0n) is 13.3. The van der Waals surface area contributed by atoms with Crippen molar-refractivity contribution in [2.45, 2.75) is 26.7 Å². The van der Waals surface area contributed by atoms with E-state index in [-0.39, 0.29) is 0 Å². The molecule has 1 heterocycles. The van der Waals surface area contributed by atoms with Gasteiger partial charge in [0.05, 0.1) is 11.3 Å². The lowest BCUT2D eigenvalue weighted by molar-refractivity contribution is 0.585. The van der Waals surface area contributed by atoms with Crippen LogP contribution >= 0.6 is 11.3 Å². The Morgan fingerprint density at radius 1 is 1.36 bits per heavy atom. The highest BCUT2D eigenvalue weighted by atomic mass is 32.2. The summed E-state index contributed by atoms with van der Waals surface area (Å²) in [6.07, 6.45) is 4.56. The summed E-state index contributed by atoms with van der Waals surface area (Å²) in [4.78, 5) is 9.95. The average Bonchev–Trinajstić information content (AvgIpc) is 2.82. The molecule has 1 aromatic rings.